The number of nitrogens with one attached hydrogen (secondary N) is 3. The molecule has 0 bridgehead atoms. The van der Waals surface area contributed by atoms with Crippen molar-refractivity contribution in [2.24, 2.45) is 11.7 Å². The van der Waals surface area contributed by atoms with E-state index in [1.807, 2.05) is 44.2 Å². The molecule has 0 saturated carbocycles. The first-order valence-corrected chi connectivity index (χ1v) is 9.92. The highest BCUT2D eigenvalue weighted by molar-refractivity contribution is 5.92. The van der Waals surface area contributed by atoms with E-state index in [0.717, 1.165) is 12.0 Å². The maximum atomic E-state index is 12.9. The highest BCUT2D eigenvalue weighted by atomic mass is 16.4. The maximum absolute atomic E-state index is 12.9. The molecule has 4 atom stereocenters. The van der Waals surface area contributed by atoms with Gasteiger partial charge in [-0.15, -0.1) is 0 Å². The Morgan fingerprint density at radius 2 is 1.77 bits per heavy atom. The third kappa shape index (κ3) is 6.70. The average molecular weight is 415 g/mol. The summed E-state index contributed by atoms with van der Waals surface area (Å²) in [6.07, 6.45) is 3.90. The molecule has 0 fully saturated rings. The average Bonchev–Trinajstić information content (AvgIpc) is 3.25. The Labute approximate surface area is 175 Å². The number of carboxylic acids is 1. The topological polar surface area (TPSA) is 150 Å². The molecule has 9 heteroatoms. The molecular formula is C21H29N5O4. The number of nitrogens with zero attached hydrogens (tertiary/aromatic N) is 1. The van der Waals surface area contributed by atoms with E-state index in [4.69, 9.17) is 5.73 Å². The molecule has 9 nitrogen and oxygen atoms in total. The minimum Gasteiger partial charge on any atom is -0.480 e. The first-order valence-electron chi connectivity index (χ1n) is 9.92. The van der Waals surface area contributed by atoms with Gasteiger partial charge in [0.1, 0.15) is 12.1 Å². The van der Waals surface area contributed by atoms with Gasteiger partial charge in [0, 0.05) is 24.7 Å². The van der Waals surface area contributed by atoms with E-state index in [1.54, 1.807) is 0 Å². The number of aromatic nitrogens is 2. The van der Waals surface area contributed by atoms with Crippen LogP contribution in [-0.2, 0) is 27.2 Å². The lowest BCUT2D eigenvalue weighted by Gasteiger charge is -2.24. The standard InChI is InChI=1S/C21H29N5O4/c1-3-13(2)18(22)20(28)25-16(9-14-7-5-4-6-8-14)19(27)26-17(21(29)30)10-15-11-23-12-24-15/h4-8,11-13,16-18H,3,9-10,22H2,1-2H3,(H,23,24)(H,25,28)(H,26,27)(H,29,30). The molecule has 2 amide bonds. The summed E-state index contributed by atoms with van der Waals surface area (Å²) in [6, 6.07) is 6.28. The Kier molecular flexibility index (Phi) is 8.54. The van der Waals surface area contributed by atoms with Gasteiger partial charge in [-0.05, 0) is 11.5 Å². The minimum absolute atomic E-state index is 0.0411. The zero-order valence-electron chi connectivity index (χ0n) is 17.2. The molecule has 4 unspecified atom stereocenters. The molecule has 1 aromatic carbocycles. The van der Waals surface area contributed by atoms with Gasteiger partial charge < -0.3 is 26.5 Å². The van der Waals surface area contributed by atoms with Crippen LogP contribution in [0, 0.1) is 5.92 Å². The maximum Gasteiger partial charge on any atom is 0.326 e. The number of carbonyl (C=O) groups excluding carboxylic acids is 2. The van der Waals surface area contributed by atoms with Crippen molar-refractivity contribution < 1.29 is 19.5 Å². The SMILES string of the molecule is CCC(C)C(N)C(=O)NC(Cc1ccccc1)C(=O)NC(Cc1cnc[nH]1)C(=O)O. The smallest absolute Gasteiger partial charge is 0.326 e. The van der Waals surface area contributed by atoms with E-state index in [-0.39, 0.29) is 18.8 Å². The van der Waals surface area contributed by atoms with Crippen molar-refractivity contribution in [1.29, 1.82) is 0 Å². The molecule has 0 aliphatic rings. The van der Waals surface area contributed by atoms with Crippen molar-refractivity contribution in [2.75, 3.05) is 0 Å². The van der Waals surface area contributed by atoms with E-state index in [0.29, 0.717) is 5.69 Å². The second kappa shape index (κ2) is 11.1. The molecule has 162 valence electrons. The molecule has 0 radical (unpaired) electrons. The lowest BCUT2D eigenvalue weighted by Crippen LogP contribution is -2.56. The third-order valence-corrected chi connectivity index (χ3v) is 5.07. The van der Waals surface area contributed by atoms with Crippen LogP contribution < -0.4 is 16.4 Å². The molecule has 0 aliphatic carbocycles. The number of hydrogen-bond donors (Lipinski definition) is 5. The van der Waals surface area contributed by atoms with E-state index in [2.05, 4.69) is 20.6 Å². The van der Waals surface area contributed by atoms with Gasteiger partial charge >= 0.3 is 5.97 Å². The van der Waals surface area contributed by atoms with Crippen LogP contribution in [0.25, 0.3) is 0 Å². The Morgan fingerprint density at radius 3 is 2.33 bits per heavy atom. The lowest BCUT2D eigenvalue weighted by atomic mass is 9.98. The highest BCUT2D eigenvalue weighted by Gasteiger charge is 2.29. The van der Waals surface area contributed by atoms with E-state index >= 15 is 0 Å². The number of H-pyrrole nitrogens is 1. The molecule has 2 aromatic rings. The van der Waals surface area contributed by atoms with E-state index in [9.17, 15) is 19.5 Å². The first kappa shape index (κ1) is 23.1. The van der Waals surface area contributed by atoms with Gasteiger partial charge in [0.25, 0.3) is 0 Å². The van der Waals surface area contributed by atoms with Crippen LogP contribution in [0.3, 0.4) is 0 Å². The van der Waals surface area contributed by atoms with E-state index < -0.39 is 35.9 Å². The lowest BCUT2D eigenvalue weighted by molar-refractivity contribution is -0.142. The summed E-state index contributed by atoms with van der Waals surface area (Å²) in [5.74, 6) is -2.27. The summed E-state index contributed by atoms with van der Waals surface area (Å²) in [7, 11) is 0. The predicted octanol–water partition coefficient (Wildman–Crippen LogP) is 0.623. The molecule has 0 saturated heterocycles. The molecule has 2 rings (SSSR count). The van der Waals surface area contributed by atoms with Gasteiger partial charge in [-0.2, -0.15) is 0 Å². The fourth-order valence-electron chi connectivity index (χ4n) is 2.93. The van der Waals surface area contributed by atoms with Crippen molar-refractivity contribution >= 4 is 17.8 Å². The Bertz CT molecular complexity index is 825. The zero-order chi connectivity index (χ0) is 22.1. The van der Waals surface area contributed by atoms with Crippen molar-refractivity contribution in [3.63, 3.8) is 0 Å². The summed E-state index contributed by atoms with van der Waals surface area (Å²) < 4.78 is 0. The van der Waals surface area contributed by atoms with Crippen LogP contribution in [0.15, 0.2) is 42.9 Å². The van der Waals surface area contributed by atoms with Crippen molar-refractivity contribution in [3.05, 3.63) is 54.1 Å². The van der Waals surface area contributed by atoms with Gasteiger partial charge in [-0.3, -0.25) is 9.59 Å². The number of carboxylic acid groups (broad SMARTS) is 1. The van der Waals surface area contributed by atoms with Gasteiger partial charge in [0.05, 0.1) is 12.4 Å². The van der Waals surface area contributed by atoms with Gasteiger partial charge in [0.2, 0.25) is 11.8 Å². The molecule has 0 spiro atoms. The number of hydrogen-bond acceptors (Lipinski definition) is 5. The fraction of sp³-hybridized carbons (Fsp3) is 0.429. The molecule has 0 aliphatic heterocycles. The number of rotatable bonds is 11. The largest absolute Gasteiger partial charge is 0.480 e. The number of amides is 2. The van der Waals surface area contributed by atoms with Crippen LogP contribution in [-0.4, -0.2) is 51.0 Å². The summed E-state index contributed by atoms with van der Waals surface area (Å²) in [4.78, 5) is 43.8. The number of aromatic amines is 1. The third-order valence-electron chi connectivity index (χ3n) is 5.07. The summed E-state index contributed by atoms with van der Waals surface area (Å²) in [5.41, 5.74) is 7.41. The van der Waals surface area contributed by atoms with E-state index in [1.165, 1.54) is 12.5 Å². The zero-order valence-corrected chi connectivity index (χ0v) is 17.2. The van der Waals surface area contributed by atoms with Crippen LogP contribution in [0.4, 0.5) is 0 Å². The second-order valence-electron chi connectivity index (χ2n) is 7.34. The van der Waals surface area contributed by atoms with Gasteiger partial charge in [-0.25, -0.2) is 9.78 Å². The number of carbonyl (C=O) groups is 3. The number of aliphatic carboxylic acids is 1. The summed E-state index contributed by atoms with van der Waals surface area (Å²) >= 11 is 0. The van der Waals surface area contributed by atoms with Gasteiger partial charge in [-0.1, -0.05) is 50.6 Å². The first-order chi connectivity index (χ1) is 14.3. The molecule has 1 aromatic heterocycles. The predicted molar refractivity (Wildman–Crippen MR) is 111 cm³/mol. The number of imidazole rings is 1. The fourth-order valence-corrected chi connectivity index (χ4v) is 2.93. The van der Waals surface area contributed by atoms with Gasteiger partial charge in [0.15, 0.2) is 0 Å². The van der Waals surface area contributed by atoms with Crippen molar-refractivity contribution in [2.45, 2.75) is 51.2 Å². The van der Waals surface area contributed by atoms with Crippen LogP contribution in [0.1, 0.15) is 31.5 Å². The Balaban J connectivity index is 2.15. The highest BCUT2D eigenvalue weighted by Crippen LogP contribution is 2.09. The molecular weight excluding hydrogens is 386 g/mol. The number of benzene rings is 1. The van der Waals surface area contributed by atoms with Crippen LogP contribution in [0.5, 0.6) is 0 Å². The Morgan fingerprint density at radius 1 is 1.10 bits per heavy atom. The van der Waals surface area contributed by atoms with Crippen LogP contribution in [0.2, 0.25) is 0 Å². The Hall–Kier alpha value is -3.20. The summed E-state index contributed by atoms with van der Waals surface area (Å²) in [6.45, 7) is 3.79. The molecule has 30 heavy (non-hydrogen) atoms. The summed E-state index contributed by atoms with van der Waals surface area (Å²) in [5, 5.41) is 14.7. The monoisotopic (exact) mass is 415 g/mol. The second-order valence-corrected chi connectivity index (χ2v) is 7.34. The number of nitrogens with two attached hydrogens (primary N) is 1. The minimum atomic E-state index is -1.18. The van der Waals surface area contributed by atoms with Crippen LogP contribution >= 0.6 is 0 Å². The van der Waals surface area contributed by atoms with Crippen molar-refractivity contribution in [3.8, 4) is 0 Å². The molecule has 6 N–H and O–H groups in total. The molecule has 1 heterocycles. The quantitative estimate of drug-likeness (QED) is 0.363. The normalized spacial score (nSPS) is 14.9. The van der Waals surface area contributed by atoms with Crippen molar-refractivity contribution in [1.82, 2.24) is 20.6 Å².